The largest absolute Gasteiger partial charge is 0.388 e. The lowest BCUT2D eigenvalue weighted by atomic mass is 10.1. The van der Waals surface area contributed by atoms with E-state index in [4.69, 9.17) is 0 Å². The molecule has 1 atom stereocenters. The Bertz CT molecular complexity index is 827. The van der Waals surface area contributed by atoms with Crippen molar-refractivity contribution in [2.75, 3.05) is 5.32 Å². The normalized spacial score (nSPS) is 11.9. The van der Waals surface area contributed by atoms with E-state index in [1.54, 1.807) is 18.3 Å². The van der Waals surface area contributed by atoms with Crippen LogP contribution >= 0.6 is 0 Å². The molecular weight excluding hydrogens is 302 g/mol. The Balaban J connectivity index is 1.68. The van der Waals surface area contributed by atoms with Crippen molar-refractivity contribution in [2.45, 2.75) is 12.5 Å². The Labute approximate surface area is 140 Å². The molecule has 0 aliphatic heterocycles. The number of aliphatic hydroxyl groups is 1. The highest BCUT2D eigenvalue weighted by atomic mass is 16.3. The van der Waals surface area contributed by atoms with Crippen molar-refractivity contribution < 1.29 is 9.90 Å². The van der Waals surface area contributed by atoms with Crippen LogP contribution in [-0.4, -0.2) is 20.6 Å². The van der Waals surface area contributed by atoms with Crippen molar-refractivity contribution in [3.8, 4) is 11.4 Å². The van der Waals surface area contributed by atoms with Gasteiger partial charge in [0.15, 0.2) is 0 Å². The molecule has 1 aromatic heterocycles. The number of hydrogen-bond donors (Lipinski definition) is 2. The van der Waals surface area contributed by atoms with Gasteiger partial charge < -0.3 is 15.0 Å². The second-order valence-corrected chi connectivity index (χ2v) is 5.62. The molecule has 2 N–H and O–H groups in total. The number of amides is 1. The van der Waals surface area contributed by atoms with Crippen molar-refractivity contribution in [3.63, 3.8) is 0 Å². The van der Waals surface area contributed by atoms with Gasteiger partial charge in [-0.25, -0.2) is 4.98 Å². The predicted molar refractivity (Wildman–Crippen MR) is 93.3 cm³/mol. The van der Waals surface area contributed by atoms with Gasteiger partial charge in [-0.15, -0.1) is 0 Å². The van der Waals surface area contributed by atoms with E-state index in [2.05, 4.69) is 10.3 Å². The van der Waals surface area contributed by atoms with E-state index in [9.17, 15) is 9.90 Å². The van der Waals surface area contributed by atoms with E-state index in [0.29, 0.717) is 5.69 Å². The maximum absolute atomic E-state index is 12.2. The number of carbonyl (C=O) groups is 1. The van der Waals surface area contributed by atoms with Crippen LogP contribution in [0.5, 0.6) is 0 Å². The summed E-state index contributed by atoms with van der Waals surface area (Å²) in [5, 5.41) is 13.0. The van der Waals surface area contributed by atoms with E-state index < -0.39 is 6.10 Å². The molecule has 5 heteroatoms. The minimum atomic E-state index is -0.816. The highest BCUT2D eigenvalue weighted by Crippen LogP contribution is 2.22. The highest BCUT2D eigenvalue weighted by molar-refractivity contribution is 5.91. The first kappa shape index (κ1) is 16.0. The first-order valence-electron chi connectivity index (χ1n) is 7.74. The molecule has 0 aliphatic carbocycles. The first-order valence-corrected chi connectivity index (χ1v) is 7.74. The summed E-state index contributed by atoms with van der Waals surface area (Å²) in [4.78, 5) is 16.5. The van der Waals surface area contributed by atoms with E-state index in [0.717, 1.165) is 17.0 Å². The van der Waals surface area contributed by atoms with Gasteiger partial charge in [-0.1, -0.05) is 42.5 Å². The zero-order valence-corrected chi connectivity index (χ0v) is 13.4. The number of aromatic nitrogens is 2. The standard InChI is InChI=1S/C19H19N3O2/c1-22-11-10-20-19(22)15-8-5-9-16(12-15)21-18(24)13-17(23)14-6-3-2-4-7-14/h2-12,17,23H,13H2,1H3,(H,21,24). The van der Waals surface area contributed by atoms with Crippen LogP contribution in [0.15, 0.2) is 67.0 Å². The summed E-state index contributed by atoms with van der Waals surface area (Å²) < 4.78 is 1.92. The topological polar surface area (TPSA) is 67.2 Å². The van der Waals surface area contributed by atoms with Gasteiger partial charge in [0.25, 0.3) is 0 Å². The molecule has 3 aromatic rings. The zero-order valence-electron chi connectivity index (χ0n) is 13.4. The van der Waals surface area contributed by atoms with Crippen molar-refractivity contribution in [1.29, 1.82) is 0 Å². The van der Waals surface area contributed by atoms with Crippen LogP contribution in [0.25, 0.3) is 11.4 Å². The van der Waals surface area contributed by atoms with Crippen molar-refractivity contribution in [3.05, 3.63) is 72.6 Å². The molecule has 2 aromatic carbocycles. The molecule has 0 bridgehead atoms. The number of carbonyl (C=O) groups excluding carboxylic acids is 1. The first-order chi connectivity index (χ1) is 11.6. The summed E-state index contributed by atoms with van der Waals surface area (Å²) in [6.07, 6.45) is 2.80. The molecule has 1 amide bonds. The summed E-state index contributed by atoms with van der Waals surface area (Å²) in [6, 6.07) is 16.7. The molecule has 1 unspecified atom stereocenters. The average molecular weight is 321 g/mol. The Hall–Kier alpha value is -2.92. The summed E-state index contributed by atoms with van der Waals surface area (Å²) in [6.45, 7) is 0. The molecule has 0 aliphatic rings. The summed E-state index contributed by atoms with van der Waals surface area (Å²) in [7, 11) is 1.92. The van der Waals surface area contributed by atoms with Crippen LogP contribution in [0, 0.1) is 0 Å². The van der Waals surface area contributed by atoms with Gasteiger partial charge in [0, 0.05) is 30.7 Å². The van der Waals surface area contributed by atoms with Gasteiger partial charge in [0.2, 0.25) is 5.91 Å². The minimum Gasteiger partial charge on any atom is -0.388 e. The highest BCUT2D eigenvalue weighted by Gasteiger charge is 2.13. The summed E-state index contributed by atoms with van der Waals surface area (Å²) in [5.74, 6) is 0.596. The molecule has 0 saturated heterocycles. The average Bonchev–Trinajstić information content (AvgIpc) is 3.02. The smallest absolute Gasteiger partial charge is 0.227 e. The third kappa shape index (κ3) is 3.70. The molecule has 24 heavy (non-hydrogen) atoms. The fourth-order valence-corrected chi connectivity index (χ4v) is 2.56. The lowest BCUT2D eigenvalue weighted by Crippen LogP contribution is -2.15. The third-order valence-corrected chi connectivity index (χ3v) is 3.79. The number of aliphatic hydroxyl groups excluding tert-OH is 1. The number of benzene rings is 2. The molecule has 3 rings (SSSR count). The maximum atomic E-state index is 12.2. The Kier molecular flexibility index (Phi) is 4.72. The summed E-state index contributed by atoms with van der Waals surface area (Å²) >= 11 is 0. The van der Waals surface area contributed by atoms with E-state index >= 15 is 0 Å². The number of aryl methyl sites for hydroxylation is 1. The molecule has 122 valence electrons. The maximum Gasteiger partial charge on any atom is 0.227 e. The van der Waals surface area contributed by atoms with Gasteiger partial charge in [-0.2, -0.15) is 0 Å². The quantitative estimate of drug-likeness (QED) is 0.758. The van der Waals surface area contributed by atoms with Crippen LogP contribution in [-0.2, 0) is 11.8 Å². The predicted octanol–water partition coefficient (Wildman–Crippen LogP) is 3.15. The van der Waals surface area contributed by atoms with Crippen LogP contribution in [0.2, 0.25) is 0 Å². The lowest BCUT2D eigenvalue weighted by Gasteiger charge is -2.12. The molecule has 5 nitrogen and oxygen atoms in total. The monoisotopic (exact) mass is 321 g/mol. The van der Waals surface area contributed by atoms with E-state index in [1.807, 2.05) is 60.3 Å². The fourth-order valence-electron chi connectivity index (χ4n) is 2.56. The minimum absolute atomic E-state index is 0.0106. The van der Waals surface area contributed by atoms with Crippen molar-refractivity contribution in [1.82, 2.24) is 9.55 Å². The number of hydrogen-bond acceptors (Lipinski definition) is 3. The fraction of sp³-hybridized carbons (Fsp3) is 0.158. The summed E-state index contributed by atoms with van der Waals surface area (Å²) in [5.41, 5.74) is 2.33. The number of nitrogens with one attached hydrogen (secondary N) is 1. The SMILES string of the molecule is Cn1ccnc1-c1cccc(NC(=O)CC(O)c2ccccc2)c1. The number of anilines is 1. The molecule has 1 heterocycles. The van der Waals surface area contributed by atoms with Gasteiger partial charge >= 0.3 is 0 Å². The number of rotatable bonds is 5. The van der Waals surface area contributed by atoms with Gasteiger partial charge in [0.05, 0.1) is 12.5 Å². The zero-order chi connectivity index (χ0) is 16.9. The van der Waals surface area contributed by atoms with Crippen molar-refractivity contribution in [2.24, 2.45) is 7.05 Å². The van der Waals surface area contributed by atoms with Gasteiger partial charge in [-0.3, -0.25) is 4.79 Å². The van der Waals surface area contributed by atoms with E-state index in [-0.39, 0.29) is 12.3 Å². The number of nitrogens with zero attached hydrogens (tertiary/aromatic N) is 2. The van der Waals surface area contributed by atoms with E-state index in [1.165, 1.54) is 0 Å². The van der Waals surface area contributed by atoms with Gasteiger partial charge in [-0.05, 0) is 17.7 Å². The van der Waals surface area contributed by atoms with Crippen LogP contribution in [0.3, 0.4) is 0 Å². The Morgan fingerprint density at radius 3 is 2.71 bits per heavy atom. The second kappa shape index (κ2) is 7.10. The third-order valence-electron chi connectivity index (χ3n) is 3.79. The Morgan fingerprint density at radius 1 is 1.21 bits per heavy atom. The second-order valence-electron chi connectivity index (χ2n) is 5.62. The Morgan fingerprint density at radius 2 is 2.00 bits per heavy atom. The van der Waals surface area contributed by atoms with Crippen LogP contribution in [0.4, 0.5) is 5.69 Å². The van der Waals surface area contributed by atoms with Crippen LogP contribution in [0.1, 0.15) is 18.1 Å². The molecule has 0 fully saturated rings. The lowest BCUT2D eigenvalue weighted by molar-refractivity contribution is -0.118. The van der Waals surface area contributed by atoms with Crippen LogP contribution < -0.4 is 5.32 Å². The number of imidazole rings is 1. The molecule has 0 radical (unpaired) electrons. The molecule has 0 spiro atoms. The van der Waals surface area contributed by atoms with Gasteiger partial charge in [0.1, 0.15) is 5.82 Å². The van der Waals surface area contributed by atoms with Crippen molar-refractivity contribution >= 4 is 11.6 Å². The molecule has 0 saturated carbocycles. The molecular formula is C19H19N3O2.